The Bertz CT molecular complexity index is 441. The van der Waals surface area contributed by atoms with Gasteiger partial charge in [0, 0.05) is 12.2 Å². The first-order chi connectivity index (χ1) is 8.79. The number of hydrogen-bond donors (Lipinski definition) is 1. The Morgan fingerprint density at radius 2 is 1.74 bits per heavy atom. The zero-order valence-corrected chi connectivity index (χ0v) is 12.2. The molecule has 3 nitrogen and oxygen atoms in total. The van der Waals surface area contributed by atoms with Crippen molar-refractivity contribution >= 4 is 5.97 Å². The Labute approximate surface area is 115 Å². The minimum atomic E-state index is -0.453. The molecule has 0 radical (unpaired) electrons. The highest BCUT2D eigenvalue weighted by Gasteiger charge is 2.22. The summed E-state index contributed by atoms with van der Waals surface area (Å²) in [7, 11) is 0. The molecule has 0 saturated carbocycles. The van der Waals surface area contributed by atoms with E-state index in [0.29, 0.717) is 6.61 Å². The molecular weight excluding hydrogens is 238 g/mol. The van der Waals surface area contributed by atoms with Gasteiger partial charge in [-0.2, -0.15) is 0 Å². The second-order valence-electron chi connectivity index (χ2n) is 5.78. The molecule has 0 spiro atoms. The van der Waals surface area contributed by atoms with E-state index >= 15 is 0 Å². The third-order valence-corrected chi connectivity index (χ3v) is 2.60. The summed E-state index contributed by atoms with van der Waals surface area (Å²) in [5, 5.41) is 3.17. The molecule has 1 N–H and O–H groups in total. The van der Waals surface area contributed by atoms with Crippen molar-refractivity contribution in [3.8, 4) is 0 Å². The maximum absolute atomic E-state index is 11.6. The predicted octanol–water partition coefficient (Wildman–Crippen LogP) is 3.40. The van der Waals surface area contributed by atoms with Gasteiger partial charge in [0.05, 0.1) is 5.41 Å². The van der Waals surface area contributed by atoms with Crippen LogP contribution in [-0.2, 0) is 22.7 Å². The summed E-state index contributed by atoms with van der Waals surface area (Å²) >= 11 is 0. The van der Waals surface area contributed by atoms with Crippen molar-refractivity contribution in [2.45, 2.75) is 40.8 Å². The summed E-state index contributed by atoms with van der Waals surface area (Å²) in [6.07, 6.45) is 0. The van der Waals surface area contributed by atoms with Crippen LogP contribution in [0.25, 0.3) is 0 Å². The molecule has 1 aromatic rings. The fraction of sp³-hybridized carbons (Fsp3) is 0.438. The van der Waals surface area contributed by atoms with Gasteiger partial charge in [-0.25, -0.2) is 0 Å². The standard InChI is InChI=1S/C16H23NO2/c1-12(2)17-10-13-6-8-14(9-7-13)11-19-15(18)16(3,4)5/h6-9,17H,1,10-11H2,2-5H3. The lowest BCUT2D eigenvalue weighted by Crippen LogP contribution is -2.22. The quantitative estimate of drug-likeness (QED) is 0.826. The van der Waals surface area contributed by atoms with Gasteiger partial charge >= 0.3 is 5.97 Å². The zero-order chi connectivity index (χ0) is 14.5. The topological polar surface area (TPSA) is 38.3 Å². The van der Waals surface area contributed by atoms with Crippen LogP contribution in [0, 0.1) is 5.41 Å². The average molecular weight is 261 g/mol. The van der Waals surface area contributed by atoms with Crippen molar-refractivity contribution in [3.05, 3.63) is 47.7 Å². The van der Waals surface area contributed by atoms with Gasteiger partial charge in [-0.3, -0.25) is 4.79 Å². The number of esters is 1. The fourth-order valence-corrected chi connectivity index (χ4v) is 1.37. The minimum Gasteiger partial charge on any atom is -0.460 e. The highest BCUT2D eigenvalue weighted by Crippen LogP contribution is 2.16. The summed E-state index contributed by atoms with van der Waals surface area (Å²) < 4.78 is 5.26. The molecule has 1 rings (SSSR count). The number of carbonyl (C=O) groups is 1. The molecule has 0 aliphatic heterocycles. The van der Waals surface area contributed by atoms with Gasteiger partial charge in [0.1, 0.15) is 6.61 Å². The maximum atomic E-state index is 11.6. The molecule has 3 heteroatoms. The Morgan fingerprint density at radius 3 is 2.21 bits per heavy atom. The van der Waals surface area contributed by atoms with E-state index in [1.165, 1.54) is 5.56 Å². The van der Waals surface area contributed by atoms with Gasteiger partial charge < -0.3 is 10.1 Å². The SMILES string of the molecule is C=C(C)NCc1ccc(COC(=O)C(C)(C)C)cc1. The van der Waals surface area contributed by atoms with Crippen molar-refractivity contribution in [2.24, 2.45) is 5.41 Å². The molecule has 0 amide bonds. The molecule has 0 atom stereocenters. The first kappa shape index (κ1) is 15.3. The summed E-state index contributed by atoms with van der Waals surface area (Å²) in [6, 6.07) is 8.00. The largest absolute Gasteiger partial charge is 0.460 e. The second-order valence-corrected chi connectivity index (χ2v) is 5.78. The van der Waals surface area contributed by atoms with Crippen LogP contribution in [0.4, 0.5) is 0 Å². The lowest BCUT2D eigenvalue weighted by Gasteiger charge is -2.16. The van der Waals surface area contributed by atoms with Crippen molar-refractivity contribution in [1.82, 2.24) is 5.32 Å². The lowest BCUT2D eigenvalue weighted by molar-refractivity contribution is -0.154. The highest BCUT2D eigenvalue weighted by molar-refractivity contribution is 5.75. The smallest absolute Gasteiger partial charge is 0.311 e. The van der Waals surface area contributed by atoms with Crippen molar-refractivity contribution in [3.63, 3.8) is 0 Å². The number of allylic oxidation sites excluding steroid dienone is 1. The molecule has 0 aromatic heterocycles. The van der Waals surface area contributed by atoms with Gasteiger partial charge in [0.15, 0.2) is 0 Å². The first-order valence-electron chi connectivity index (χ1n) is 6.43. The summed E-state index contributed by atoms with van der Waals surface area (Å²) in [5.74, 6) is -0.180. The normalized spacial score (nSPS) is 10.9. The van der Waals surface area contributed by atoms with Gasteiger partial charge in [0.25, 0.3) is 0 Å². The zero-order valence-electron chi connectivity index (χ0n) is 12.2. The van der Waals surface area contributed by atoms with Crippen LogP contribution in [-0.4, -0.2) is 5.97 Å². The van der Waals surface area contributed by atoms with Crippen LogP contribution < -0.4 is 5.32 Å². The molecule has 0 aliphatic rings. The van der Waals surface area contributed by atoms with Crippen LogP contribution in [0.3, 0.4) is 0 Å². The lowest BCUT2D eigenvalue weighted by atomic mass is 9.97. The van der Waals surface area contributed by atoms with Crippen molar-refractivity contribution < 1.29 is 9.53 Å². The minimum absolute atomic E-state index is 0.180. The van der Waals surface area contributed by atoms with Crippen LogP contribution >= 0.6 is 0 Å². The number of benzene rings is 1. The van der Waals surface area contributed by atoms with E-state index in [2.05, 4.69) is 11.9 Å². The predicted molar refractivity (Wildman–Crippen MR) is 77.3 cm³/mol. The average Bonchev–Trinajstić information content (AvgIpc) is 2.33. The summed E-state index contributed by atoms with van der Waals surface area (Å²) in [5.41, 5.74) is 2.67. The van der Waals surface area contributed by atoms with E-state index in [9.17, 15) is 4.79 Å². The van der Waals surface area contributed by atoms with Crippen molar-refractivity contribution in [2.75, 3.05) is 0 Å². The maximum Gasteiger partial charge on any atom is 0.311 e. The Morgan fingerprint density at radius 1 is 1.21 bits per heavy atom. The van der Waals surface area contributed by atoms with Crippen molar-refractivity contribution in [1.29, 1.82) is 0 Å². The van der Waals surface area contributed by atoms with E-state index in [1.54, 1.807) is 0 Å². The molecule has 0 fully saturated rings. The van der Waals surface area contributed by atoms with Gasteiger partial charge in [-0.05, 0) is 38.8 Å². The molecule has 1 aromatic carbocycles. The summed E-state index contributed by atoms with van der Waals surface area (Å²) in [6.45, 7) is 12.4. The van der Waals surface area contributed by atoms with Crippen LogP contribution in [0.2, 0.25) is 0 Å². The molecule has 0 bridgehead atoms. The first-order valence-corrected chi connectivity index (χ1v) is 6.43. The highest BCUT2D eigenvalue weighted by atomic mass is 16.5. The van der Waals surface area contributed by atoms with Crippen LogP contribution in [0.15, 0.2) is 36.5 Å². The Balaban J connectivity index is 2.49. The monoisotopic (exact) mass is 261 g/mol. The molecular formula is C16H23NO2. The van der Waals surface area contributed by atoms with Gasteiger partial charge in [-0.1, -0.05) is 30.8 Å². The number of carbonyl (C=O) groups excluding carboxylic acids is 1. The van der Waals surface area contributed by atoms with Crippen LogP contribution in [0.5, 0.6) is 0 Å². The van der Waals surface area contributed by atoms with E-state index in [0.717, 1.165) is 17.8 Å². The fourth-order valence-electron chi connectivity index (χ4n) is 1.37. The molecule has 19 heavy (non-hydrogen) atoms. The van der Waals surface area contributed by atoms with E-state index in [-0.39, 0.29) is 5.97 Å². The summed E-state index contributed by atoms with van der Waals surface area (Å²) in [4.78, 5) is 11.6. The number of ether oxygens (including phenoxy) is 1. The number of nitrogens with one attached hydrogen (secondary N) is 1. The molecule has 104 valence electrons. The number of hydrogen-bond acceptors (Lipinski definition) is 3. The Hall–Kier alpha value is -1.77. The second kappa shape index (κ2) is 6.41. The molecule has 0 saturated heterocycles. The van der Waals surface area contributed by atoms with E-state index < -0.39 is 5.41 Å². The van der Waals surface area contributed by atoms with Gasteiger partial charge in [0.2, 0.25) is 0 Å². The third-order valence-electron chi connectivity index (χ3n) is 2.60. The van der Waals surface area contributed by atoms with E-state index in [1.807, 2.05) is 52.0 Å². The van der Waals surface area contributed by atoms with Crippen LogP contribution in [0.1, 0.15) is 38.8 Å². The number of rotatable bonds is 5. The third kappa shape index (κ3) is 5.60. The molecule has 0 aliphatic carbocycles. The van der Waals surface area contributed by atoms with Gasteiger partial charge in [-0.15, -0.1) is 0 Å². The molecule has 0 heterocycles. The molecule has 0 unspecified atom stereocenters. The van der Waals surface area contributed by atoms with E-state index in [4.69, 9.17) is 4.74 Å². The Kier molecular flexibility index (Phi) is 5.16.